The first-order valence-corrected chi connectivity index (χ1v) is 5.50. The lowest BCUT2D eigenvalue weighted by molar-refractivity contribution is 0.0419. The van der Waals surface area contributed by atoms with Gasteiger partial charge in [-0.05, 0) is 24.7 Å². The molecule has 0 saturated heterocycles. The number of ether oxygens (including phenoxy) is 1. The number of benzene rings is 1. The number of hydrogen-bond donors (Lipinski definition) is 1. The second-order valence-electron chi connectivity index (χ2n) is 4.11. The Morgan fingerprint density at radius 2 is 2.06 bits per heavy atom. The molecule has 17 heavy (non-hydrogen) atoms. The minimum absolute atomic E-state index is 0.345. The zero-order chi connectivity index (χ0) is 12.7. The van der Waals surface area contributed by atoms with Crippen LogP contribution in [0.3, 0.4) is 0 Å². The minimum atomic E-state index is -0.469. The average Bonchev–Trinajstić information content (AvgIpc) is 2.30. The van der Waals surface area contributed by atoms with Crippen molar-refractivity contribution in [3.8, 4) is 6.07 Å². The van der Waals surface area contributed by atoms with Crippen LogP contribution < -0.4 is 0 Å². The van der Waals surface area contributed by atoms with Gasteiger partial charge in [-0.3, -0.25) is 4.90 Å². The largest absolute Gasteiger partial charge is 0.389 e. The molecule has 0 aliphatic rings. The van der Waals surface area contributed by atoms with Gasteiger partial charge >= 0.3 is 0 Å². The molecule has 0 spiro atoms. The van der Waals surface area contributed by atoms with Gasteiger partial charge in [0.2, 0.25) is 0 Å². The molecule has 92 valence electrons. The van der Waals surface area contributed by atoms with E-state index < -0.39 is 6.10 Å². The van der Waals surface area contributed by atoms with Gasteiger partial charge in [0.1, 0.15) is 0 Å². The standard InChI is InChI=1S/C13H18N2O2/c1-15(9-13(16)10-17-2)8-12-5-3-11(7-14)4-6-12/h3-6,13,16H,8-10H2,1-2H3. The number of nitriles is 1. The van der Waals surface area contributed by atoms with Crippen LogP contribution in [0.2, 0.25) is 0 Å². The van der Waals surface area contributed by atoms with E-state index in [0.29, 0.717) is 18.7 Å². The highest BCUT2D eigenvalue weighted by Gasteiger charge is 2.08. The van der Waals surface area contributed by atoms with Gasteiger partial charge in [0.15, 0.2) is 0 Å². The fraction of sp³-hybridized carbons (Fsp3) is 0.462. The molecule has 0 heterocycles. The minimum Gasteiger partial charge on any atom is -0.389 e. The van der Waals surface area contributed by atoms with Gasteiger partial charge in [-0.15, -0.1) is 0 Å². The van der Waals surface area contributed by atoms with Crippen molar-refractivity contribution in [1.29, 1.82) is 5.26 Å². The SMILES string of the molecule is COCC(O)CN(C)Cc1ccc(C#N)cc1. The predicted molar refractivity (Wildman–Crippen MR) is 65.4 cm³/mol. The van der Waals surface area contributed by atoms with Crippen molar-refractivity contribution < 1.29 is 9.84 Å². The van der Waals surface area contributed by atoms with E-state index >= 15 is 0 Å². The van der Waals surface area contributed by atoms with Crippen molar-refractivity contribution in [3.05, 3.63) is 35.4 Å². The Bertz CT molecular complexity index is 370. The first-order chi connectivity index (χ1) is 8.15. The van der Waals surface area contributed by atoms with Crippen LogP contribution in [0.15, 0.2) is 24.3 Å². The Balaban J connectivity index is 2.44. The zero-order valence-corrected chi connectivity index (χ0v) is 10.3. The van der Waals surface area contributed by atoms with E-state index in [0.717, 1.165) is 12.1 Å². The third kappa shape index (κ3) is 4.96. The first-order valence-electron chi connectivity index (χ1n) is 5.50. The third-order valence-corrected chi connectivity index (χ3v) is 2.42. The van der Waals surface area contributed by atoms with Crippen LogP contribution in [0.4, 0.5) is 0 Å². The lowest BCUT2D eigenvalue weighted by Gasteiger charge is -2.20. The van der Waals surface area contributed by atoms with Crippen LogP contribution in [0, 0.1) is 11.3 Å². The molecule has 1 aromatic rings. The average molecular weight is 234 g/mol. The lowest BCUT2D eigenvalue weighted by Crippen LogP contribution is -2.31. The molecule has 0 radical (unpaired) electrons. The molecule has 1 aromatic carbocycles. The highest BCUT2D eigenvalue weighted by atomic mass is 16.5. The summed E-state index contributed by atoms with van der Waals surface area (Å²) in [6.07, 6.45) is -0.469. The van der Waals surface area contributed by atoms with Crippen LogP contribution in [-0.4, -0.2) is 43.4 Å². The molecule has 0 saturated carbocycles. The molecular formula is C13H18N2O2. The monoisotopic (exact) mass is 234 g/mol. The number of rotatable bonds is 6. The van der Waals surface area contributed by atoms with Crippen molar-refractivity contribution in [1.82, 2.24) is 4.90 Å². The maximum absolute atomic E-state index is 9.57. The van der Waals surface area contributed by atoms with Gasteiger partial charge in [-0.2, -0.15) is 5.26 Å². The number of aliphatic hydroxyl groups excluding tert-OH is 1. The predicted octanol–water partition coefficient (Wildman–Crippen LogP) is 0.997. The quantitative estimate of drug-likeness (QED) is 0.797. The summed E-state index contributed by atoms with van der Waals surface area (Å²) in [6, 6.07) is 9.54. The molecule has 0 aromatic heterocycles. The molecule has 4 nitrogen and oxygen atoms in total. The Labute approximate surface area is 102 Å². The Morgan fingerprint density at radius 1 is 1.41 bits per heavy atom. The van der Waals surface area contributed by atoms with Gasteiger partial charge in [0.25, 0.3) is 0 Å². The second-order valence-corrected chi connectivity index (χ2v) is 4.11. The van der Waals surface area contributed by atoms with Gasteiger partial charge in [-0.1, -0.05) is 12.1 Å². The molecule has 1 rings (SSSR count). The summed E-state index contributed by atoms with van der Waals surface area (Å²) in [5.41, 5.74) is 1.78. The molecule has 0 fully saturated rings. The summed E-state index contributed by atoms with van der Waals surface area (Å²) in [5.74, 6) is 0. The number of methoxy groups -OCH3 is 1. The van der Waals surface area contributed by atoms with Crippen molar-refractivity contribution >= 4 is 0 Å². The highest BCUT2D eigenvalue weighted by Crippen LogP contribution is 2.06. The van der Waals surface area contributed by atoms with E-state index in [4.69, 9.17) is 10.00 Å². The van der Waals surface area contributed by atoms with E-state index in [2.05, 4.69) is 6.07 Å². The molecule has 0 amide bonds. The first kappa shape index (κ1) is 13.7. The summed E-state index contributed by atoms with van der Waals surface area (Å²) >= 11 is 0. The van der Waals surface area contributed by atoms with Gasteiger partial charge < -0.3 is 9.84 Å². The second kappa shape index (κ2) is 7.02. The van der Waals surface area contributed by atoms with Crippen molar-refractivity contribution in [2.45, 2.75) is 12.6 Å². The Kier molecular flexibility index (Phi) is 5.64. The van der Waals surface area contributed by atoms with E-state index in [1.807, 2.05) is 24.1 Å². The van der Waals surface area contributed by atoms with Crippen LogP contribution in [0.1, 0.15) is 11.1 Å². The normalized spacial score (nSPS) is 12.4. The summed E-state index contributed by atoms with van der Waals surface area (Å²) < 4.78 is 4.87. The van der Waals surface area contributed by atoms with Crippen LogP contribution >= 0.6 is 0 Å². The van der Waals surface area contributed by atoms with E-state index in [9.17, 15) is 5.11 Å². The fourth-order valence-corrected chi connectivity index (χ4v) is 1.67. The van der Waals surface area contributed by atoms with Crippen LogP contribution in [-0.2, 0) is 11.3 Å². The van der Waals surface area contributed by atoms with Crippen LogP contribution in [0.5, 0.6) is 0 Å². The van der Waals surface area contributed by atoms with Crippen LogP contribution in [0.25, 0.3) is 0 Å². The topological polar surface area (TPSA) is 56.5 Å². The number of nitrogens with zero attached hydrogens (tertiary/aromatic N) is 2. The molecule has 1 atom stereocenters. The fourth-order valence-electron chi connectivity index (χ4n) is 1.67. The summed E-state index contributed by atoms with van der Waals surface area (Å²) in [5, 5.41) is 18.3. The van der Waals surface area contributed by atoms with Gasteiger partial charge in [-0.25, -0.2) is 0 Å². The molecule has 0 aliphatic carbocycles. The highest BCUT2D eigenvalue weighted by molar-refractivity contribution is 5.31. The van der Waals surface area contributed by atoms with Crippen molar-refractivity contribution in [2.75, 3.05) is 27.3 Å². The molecule has 1 N–H and O–H groups in total. The Morgan fingerprint density at radius 3 is 2.59 bits per heavy atom. The number of aliphatic hydroxyl groups is 1. The zero-order valence-electron chi connectivity index (χ0n) is 10.3. The molecule has 0 aliphatic heterocycles. The maximum atomic E-state index is 9.57. The number of hydrogen-bond acceptors (Lipinski definition) is 4. The van der Waals surface area contributed by atoms with Crippen molar-refractivity contribution in [3.63, 3.8) is 0 Å². The molecule has 1 unspecified atom stereocenters. The smallest absolute Gasteiger partial charge is 0.0991 e. The maximum Gasteiger partial charge on any atom is 0.0991 e. The molecule has 0 bridgehead atoms. The lowest BCUT2D eigenvalue weighted by atomic mass is 10.1. The number of likely N-dealkylation sites (N-methyl/N-ethyl adjacent to an activating group) is 1. The van der Waals surface area contributed by atoms with Gasteiger partial charge in [0, 0.05) is 20.2 Å². The third-order valence-electron chi connectivity index (χ3n) is 2.42. The van der Waals surface area contributed by atoms with E-state index in [1.165, 1.54) is 0 Å². The molecule has 4 heteroatoms. The Hall–Kier alpha value is -1.41. The van der Waals surface area contributed by atoms with E-state index in [-0.39, 0.29) is 0 Å². The summed E-state index contributed by atoms with van der Waals surface area (Å²) in [6.45, 7) is 1.65. The van der Waals surface area contributed by atoms with E-state index in [1.54, 1.807) is 19.2 Å². The van der Waals surface area contributed by atoms with Crippen molar-refractivity contribution in [2.24, 2.45) is 0 Å². The summed E-state index contributed by atoms with van der Waals surface area (Å²) in [7, 11) is 3.51. The van der Waals surface area contributed by atoms with Gasteiger partial charge in [0.05, 0.1) is 24.3 Å². The molecular weight excluding hydrogens is 216 g/mol. The summed E-state index contributed by atoms with van der Waals surface area (Å²) in [4.78, 5) is 2.02.